The molecule has 7 heteroatoms. The van der Waals surface area contributed by atoms with Crippen LogP contribution in [-0.2, 0) is 18.4 Å². The Kier molecular flexibility index (Phi) is 4.85. The Labute approximate surface area is 127 Å². The summed E-state index contributed by atoms with van der Waals surface area (Å²) in [6.07, 6.45) is 0. The molecule has 0 radical (unpaired) electrons. The summed E-state index contributed by atoms with van der Waals surface area (Å²) in [5, 5.41) is 16.9. The molecule has 21 heavy (non-hydrogen) atoms. The summed E-state index contributed by atoms with van der Waals surface area (Å²) in [6, 6.07) is 7.75. The normalized spacial score (nSPS) is 12.1. The van der Waals surface area contributed by atoms with Gasteiger partial charge in [-0.15, -0.1) is 10.2 Å². The zero-order chi connectivity index (χ0) is 15.4. The van der Waals surface area contributed by atoms with Crippen LogP contribution in [0.1, 0.15) is 18.3 Å². The number of aromatic nitrogens is 3. The van der Waals surface area contributed by atoms with Gasteiger partial charge in [0.2, 0.25) is 0 Å². The van der Waals surface area contributed by atoms with E-state index >= 15 is 0 Å². The molecule has 0 unspecified atom stereocenters. The van der Waals surface area contributed by atoms with E-state index in [1.807, 2.05) is 31.2 Å². The van der Waals surface area contributed by atoms with Gasteiger partial charge in [-0.25, -0.2) is 0 Å². The minimum Gasteiger partial charge on any atom is -0.486 e. The standard InChI is InChI=1S/C14H17N3O3S/c1-9-5-4-6-11(7-9)20-8-12-15-16-14(17(12)3)21-10(2)13(18)19/h4-7,10H,8H2,1-3H3,(H,18,19)/t10-/m0/s1. The molecule has 0 bridgehead atoms. The molecular formula is C14H17N3O3S. The zero-order valence-electron chi connectivity index (χ0n) is 12.1. The fourth-order valence-electron chi connectivity index (χ4n) is 1.63. The Morgan fingerprint density at radius 3 is 2.90 bits per heavy atom. The van der Waals surface area contributed by atoms with E-state index in [4.69, 9.17) is 9.84 Å². The van der Waals surface area contributed by atoms with Crippen LogP contribution in [0.3, 0.4) is 0 Å². The molecule has 1 aromatic heterocycles. The van der Waals surface area contributed by atoms with Crippen molar-refractivity contribution in [1.82, 2.24) is 14.8 Å². The highest BCUT2D eigenvalue weighted by molar-refractivity contribution is 8.00. The van der Waals surface area contributed by atoms with Crippen molar-refractivity contribution in [2.75, 3.05) is 0 Å². The van der Waals surface area contributed by atoms with Crippen molar-refractivity contribution < 1.29 is 14.6 Å². The van der Waals surface area contributed by atoms with E-state index < -0.39 is 11.2 Å². The third kappa shape index (κ3) is 3.98. The second kappa shape index (κ2) is 6.62. The summed E-state index contributed by atoms with van der Waals surface area (Å²) in [4.78, 5) is 10.9. The number of rotatable bonds is 6. The Morgan fingerprint density at radius 1 is 1.48 bits per heavy atom. The number of carboxylic acids is 1. The molecule has 0 aliphatic rings. The topological polar surface area (TPSA) is 77.2 Å². The molecule has 2 rings (SSSR count). The van der Waals surface area contributed by atoms with Crippen LogP contribution in [0.4, 0.5) is 0 Å². The minimum atomic E-state index is -0.874. The van der Waals surface area contributed by atoms with Crippen LogP contribution in [0, 0.1) is 6.92 Å². The van der Waals surface area contributed by atoms with Gasteiger partial charge in [-0.2, -0.15) is 0 Å². The third-order valence-corrected chi connectivity index (χ3v) is 4.03. The second-order valence-electron chi connectivity index (χ2n) is 4.66. The number of aliphatic carboxylic acids is 1. The van der Waals surface area contributed by atoms with E-state index in [2.05, 4.69) is 10.2 Å². The van der Waals surface area contributed by atoms with Gasteiger partial charge >= 0.3 is 5.97 Å². The van der Waals surface area contributed by atoms with Gasteiger partial charge in [-0.3, -0.25) is 4.79 Å². The van der Waals surface area contributed by atoms with Crippen molar-refractivity contribution in [3.8, 4) is 5.75 Å². The SMILES string of the molecule is Cc1cccc(OCc2nnc(S[C@@H](C)C(=O)O)n2C)c1. The van der Waals surface area contributed by atoms with E-state index in [0.717, 1.165) is 23.1 Å². The lowest BCUT2D eigenvalue weighted by atomic mass is 10.2. The molecule has 1 N–H and O–H groups in total. The molecule has 0 spiro atoms. The molecule has 0 saturated heterocycles. The van der Waals surface area contributed by atoms with E-state index in [-0.39, 0.29) is 6.61 Å². The second-order valence-corrected chi connectivity index (χ2v) is 5.97. The average Bonchev–Trinajstić information content (AvgIpc) is 2.77. The summed E-state index contributed by atoms with van der Waals surface area (Å²) in [5.41, 5.74) is 1.12. The summed E-state index contributed by atoms with van der Waals surface area (Å²) in [6.45, 7) is 3.90. The predicted molar refractivity (Wildman–Crippen MR) is 79.5 cm³/mol. The molecule has 0 aliphatic heterocycles. The maximum atomic E-state index is 10.9. The Morgan fingerprint density at radius 2 is 2.24 bits per heavy atom. The maximum Gasteiger partial charge on any atom is 0.316 e. The molecule has 1 aromatic carbocycles. The molecule has 0 aliphatic carbocycles. The number of carbonyl (C=O) groups is 1. The lowest BCUT2D eigenvalue weighted by Gasteiger charge is -2.08. The highest BCUT2D eigenvalue weighted by Crippen LogP contribution is 2.22. The van der Waals surface area contributed by atoms with Gasteiger partial charge in [0.05, 0.1) is 0 Å². The summed E-state index contributed by atoms with van der Waals surface area (Å²) < 4.78 is 7.42. The van der Waals surface area contributed by atoms with Crippen molar-refractivity contribution in [3.63, 3.8) is 0 Å². The largest absolute Gasteiger partial charge is 0.486 e. The molecule has 0 amide bonds. The fourth-order valence-corrected chi connectivity index (χ4v) is 2.40. The number of benzene rings is 1. The Bertz CT molecular complexity index is 642. The van der Waals surface area contributed by atoms with Crippen LogP contribution in [0.2, 0.25) is 0 Å². The Hall–Kier alpha value is -2.02. The van der Waals surface area contributed by atoms with E-state index in [1.165, 1.54) is 0 Å². The molecule has 1 atom stereocenters. The van der Waals surface area contributed by atoms with Crippen molar-refractivity contribution >= 4 is 17.7 Å². The van der Waals surface area contributed by atoms with Gasteiger partial charge in [0.15, 0.2) is 11.0 Å². The van der Waals surface area contributed by atoms with E-state index in [1.54, 1.807) is 18.5 Å². The first-order valence-electron chi connectivity index (χ1n) is 6.44. The minimum absolute atomic E-state index is 0.287. The molecule has 112 valence electrons. The fraction of sp³-hybridized carbons (Fsp3) is 0.357. The van der Waals surface area contributed by atoms with Gasteiger partial charge in [0, 0.05) is 7.05 Å². The summed E-state index contributed by atoms with van der Waals surface area (Å²) in [7, 11) is 1.80. The van der Waals surface area contributed by atoms with Crippen LogP contribution in [0.15, 0.2) is 29.4 Å². The van der Waals surface area contributed by atoms with Gasteiger partial charge in [0.1, 0.15) is 17.6 Å². The molecular weight excluding hydrogens is 290 g/mol. The van der Waals surface area contributed by atoms with Crippen molar-refractivity contribution in [1.29, 1.82) is 0 Å². The van der Waals surface area contributed by atoms with Gasteiger partial charge in [-0.1, -0.05) is 23.9 Å². The van der Waals surface area contributed by atoms with Crippen molar-refractivity contribution in [3.05, 3.63) is 35.7 Å². The highest BCUT2D eigenvalue weighted by Gasteiger charge is 2.17. The summed E-state index contributed by atoms with van der Waals surface area (Å²) >= 11 is 1.16. The lowest BCUT2D eigenvalue weighted by molar-refractivity contribution is -0.136. The quantitative estimate of drug-likeness (QED) is 0.825. The third-order valence-electron chi connectivity index (χ3n) is 2.91. The molecule has 0 fully saturated rings. The van der Waals surface area contributed by atoms with Crippen LogP contribution < -0.4 is 4.74 Å². The smallest absolute Gasteiger partial charge is 0.316 e. The highest BCUT2D eigenvalue weighted by atomic mass is 32.2. The Balaban J connectivity index is 2.02. The van der Waals surface area contributed by atoms with Crippen molar-refractivity contribution in [2.45, 2.75) is 30.9 Å². The number of thioether (sulfide) groups is 1. The van der Waals surface area contributed by atoms with Crippen LogP contribution in [0.5, 0.6) is 5.75 Å². The monoisotopic (exact) mass is 307 g/mol. The first-order valence-corrected chi connectivity index (χ1v) is 7.32. The van der Waals surface area contributed by atoms with Crippen molar-refractivity contribution in [2.24, 2.45) is 7.05 Å². The molecule has 6 nitrogen and oxygen atoms in total. The zero-order valence-corrected chi connectivity index (χ0v) is 12.9. The first kappa shape index (κ1) is 15.4. The number of aryl methyl sites for hydroxylation is 1. The van der Waals surface area contributed by atoms with Gasteiger partial charge in [0.25, 0.3) is 0 Å². The number of nitrogens with zero attached hydrogens (tertiary/aromatic N) is 3. The predicted octanol–water partition coefficient (Wildman–Crippen LogP) is 2.27. The number of hydrogen-bond acceptors (Lipinski definition) is 5. The van der Waals surface area contributed by atoms with E-state index in [9.17, 15) is 4.79 Å². The van der Waals surface area contributed by atoms with Crippen LogP contribution >= 0.6 is 11.8 Å². The van der Waals surface area contributed by atoms with Crippen LogP contribution in [-0.4, -0.2) is 31.1 Å². The molecule has 0 saturated carbocycles. The van der Waals surface area contributed by atoms with Crippen LogP contribution in [0.25, 0.3) is 0 Å². The number of carboxylic acid groups (broad SMARTS) is 1. The maximum absolute atomic E-state index is 10.9. The van der Waals surface area contributed by atoms with E-state index in [0.29, 0.717) is 11.0 Å². The van der Waals surface area contributed by atoms with Gasteiger partial charge in [-0.05, 0) is 31.5 Å². The molecule has 2 aromatic rings. The van der Waals surface area contributed by atoms with Gasteiger partial charge < -0.3 is 14.4 Å². The number of ether oxygens (including phenoxy) is 1. The lowest BCUT2D eigenvalue weighted by Crippen LogP contribution is -2.12. The average molecular weight is 307 g/mol. The summed E-state index contributed by atoms with van der Waals surface area (Å²) in [5.74, 6) is 0.545. The first-order chi connectivity index (χ1) is 9.97. The number of hydrogen-bond donors (Lipinski definition) is 1. The molecule has 1 heterocycles.